The summed E-state index contributed by atoms with van der Waals surface area (Å²) in [7, 11) is 0. The van der Waals surface area contributed by atoms with Crippen LogP contribution in [-0.4, -0.2) is 24.2 Å². The lowest BCUT2D eigenvalue weighted by Crippen LogP contribution is -2.44. The molecule has 0 radical (unpaired) electrons. The quantitative estimate of drug-likeness (QED) is 0.531. The Kier molecular flexibility index (Phi) is 7.88. The second kappa shape index (κ2) is 9.92. The van der Waals surface area contributed by atoms with Gasteiger partial charge in [0.1, 0.15) is 11.4 Å². The number of nitrogens with one attached hydrogen (secondary N) is 1. The van der Waals surface area contributed by atoms with Crippen LogP contribution in [0.3, 0.4) is 0 Å². The van der Waals surface area contributed by atoms with E-state index in [4.69, 9.17) is 9.47 Å². The number of ether oxygens (including phenoxy) is 2. The molecular weight excluding hydrogens is 350 g/mol. The molecule has 0 spiro atoms. The highest BCUT2D eigenvalue weighted by Crippen LogP contribution is 2.33. The third-order valence-corrected chi connectivity index (χ3v) is 4.94. The molecule has 0 unspecified atom stereocenters. The molecule has 4 nitrogen and oxygen atoms in total. The Morgan fingerprint density at radius 1 is 1.07 bits per heavy atom. The average molecular weight is 386 g/mol. The minimum atomic E-state index is -0.850. The van der Waals surface area contributed by atoms with Crippen LogP contribution in [0.15, 0.2) is 36.4 Å². The molecule has 0 heterocycles. The number of hydrogen-bond donors (Lipinski definition) is 1. The van der Waals surface area contributed by atoms with E-state index >= 15 is 0 Å². The lowest BCUT2D eigenvalue weighted by molar-refractivity contribution is -0.141. The molecule has 0 aliphatic heterocycles. The maximum atomic E-state index is 13.2. The lowest BCUT2D eigenvalue weighted by atomic mass is 9.92. The Morgan fingerprint density at radius 3 is 2.36 bits per heavy atom. The Balaban J connectivity index is 2.34. The molecule has 2 atom stereocenters. The molecule has 0 saturated heterocycles. The minimum Gasteiger partial charge on any atom is -0.490 e. The van der Waals surface area contributed by atoms with Crippen LogP contribution in [0.4, 0.5) is 5.69 Å². The number of fused-ring (bicyclic) bond motifs is 1. The molecule has 4 heteroatoms. The van der Waals surface area contributed by atoms with Gasteiger partial charge in [-0.15, -0.1) is 0 Å². The van der Waals surface area contributed by atoms with Crippen LogP contribution >= 0.6 is 0 Å². The molecule has 2 aromatic rings. The third kappa shape index (κ3) is 5.48. The molecule has 0 aliphatic rings. The fourth-order valence-corrected chi connectivity index (χ4v) is 3.36. The van der Waals surface area contributed by atoms with Crippen LogP contribution in [0.25, 0.3) is 10.8 Å². The summed E-state index contributed by atoms with van der Waals surface area (Å²) in [6, 6.07) is 11.9. The molecule has 0 bridgehead atoms. The van der Waals surface area contributed by atoms with Crippen LogP contribution < -0.4 is 10.1 Å². The molecule has 0 fully saturated rings. The van der Waals surface area contributed by atoms with E-state index in [0.717, 1.165) is 35.1 Å². The van der Waals surface area contributed by atoms with E-state index in [1.54, 1.807) is 0 Å². The fraction of sp³-hybridized carbons (Fsp3) is 0.542. The maximum Gasteiger partial charge on any atom is 0.256 e. The number of amides is 1. The van der Waals surface area contributed by atoms with Gasteiger partial charge in [-0.05, 0) is 51.2 Å². The summed E-state index contributed by atoms with van der Waals surface area (Å²) in [5, 5.41) is 5.09. The number of hydrogen-bond acceptors (Lipinski definition) is 3. The van der Waals surface area contributed by atoms with Crippen LogP contribution in [0.2, 0.25) is 0 Å². The van der Waals surface area contributed by atoms with Crippen molar-refractivity contribution < 1.29 is 14.3 Å². The predicted octanol–water partition coefficient (Wildman–Crippen LogP) is 6.19. The zero-order chi connectivity index (χ0) is 20.7. The first-order valence-corrected chi connectivity index (χ1v) is 10.4. The first-order chi connectivity index (χ1) is 13.3. The third-order valence-electron chi connectivity index (χ3n) is 4.94. The van der Waals surface area contributed by atoms with Crippen molar-refractivity contribution in [2.75, 3.05) is 11.9 Å². The number of carbonyl (C=O) groups is 1. The van der Waals surface area contributed by atoms with Crippen molar-refractivity contribution in [2.24, 2.45) is 5.92 Å². The zero-order valence-electron chi connectivity index (χ0n) is 18.2. The average Bonchev–Trinajstić information content (AvgIpc) is 2.67. The van der Waals surface area contributed by atoms with Gasteiger partial charge in [-0.25, -0.2) is 0 Å². The smallest absolute Gasteiger partial charge is 0.256 e. The van der Waals surface area contributed by atoms with Crippen molar-refractivity contribution in [3.63, 3.8) is 0 Å². The number of anilines is 1. The Bertz CT molecular complexity index is 787. The molecule has 1 amide bonds. The summed E-state index contributed by atoms with van der Waals surface area (Å²) in [6.45, 7) is 12.9. The molecule has 0 aromatic heterocycles. The van der Waals surface area contributed by atoms with Crippen molar-refractivity contribution >= 4 is 22.4 Å². The summed E-state index contributed by atoms with van der Waals surface area (Å²) < 4.78 is 12.1. The SMILES string of the molecule is CCCO[C@@](C)(CC(C)C)C(=O)Nc1ccc(O[C@H](C)CC)c2ccccc12. The van der Waals surface area contributed by atoms with E-state index in [1.165, 1.54) is 0 Å². The van der Waals surface area contributed by atoms with Crippen molar-refractivity contribution in [2.45, 2.75) is 72.5 Å². The second-order valence-corrected chi connectivity index (χ2v) is 8.12. The van der Waals surface area contributed by atoms with Crippen molar-refractivity contribution in [3.05, 3.63) is 36.4 Å². The molecule has 0 aliphatic carbocycles. The standard InChI is InChI=1S/C24H35NO3/c1-7-15-27-24(6,16-17(3)4)23(26)25-21-13-14-22(28-18(5)8-2)20-12-10-9-11-19(20)21/h9-14,17-18H,7-8,15-16H2,1-6H3,(H,25,26)/t18-,24+/m1/s1. The van der Waals surface area contributed by atoms with Crippen LogP contribution in [0.5, 0.6) is 5.75 Å². The molecule has 0 saturated carbocycles. The summed E-state index contributed by atoms with van der Waals surface area (Å²) in [5.74, 6) is 1.10. The Hall–Kier alpha value is -2.07. The second-order valence-electron chi connectivity index (χ2n) is 8.12. The van der Waals surface area contributed by atoms with Crippen LogP contribution in [-0.2, 0) is 9.53 Å². The zero-order valence-corrected chi connectivity index (χ0v) is 18.2. The van der Waals surface area contributed by atoms with Crippen molar-refractivity contribution in [1.82, 2.24) is 0 Å². The van der Waals surface area contributed by atoms with E-state index in [1.807, 2.05) is 43.3 Å². The van der Waals surface area contributed by atoms with Crippen LogP contribution in [0, 0.1) is 5.92 Å². The van der Waals surface area contributed by atoms with Gasteiger partial charge in [0.2, 0.25) is 0 Å². The van der Waals surface area contributed by atoms with E-state index in [0.29, 0.717) is 18.9 Å². The van der Waals surface area contributed by atoms with Crippen LogP contribution in [0.1, 0.15) is 60.8 Å². The molecule has 154 valence electrons. The number of carbonyl (C=O) groups excluding carboxylic acids is 1. The maximum absolute atomic E-state index is 13.2. The van der Waals surface area contributed by atoms with Gasteiger partial charge in [0, 0.05) is 23.1 Å². The van der Waals surface area contributed by atoms with Crippen molar-refractivity contribution in [1.29, 1.82) is 0 Å². The van der Waals surface area contributed by atoms with E-state index in [-0.39, 0.29) is 12.0 Å². The minimum absolute atomic E-state index is 0.101. The molecule has 1 N–H and O–H groups in total. The highest BCUT2D eigenvalue weighted by atomic mass is 16.5. The van der Waals surface area contributed by atoms with Gasteiger partial charge in [-0.2, -0.15) is 0 Å². The van der Waals surface area contributed by atoms with Gasteiger partial charge >= 0.3 is 0 Å². The monoisotopic (exact) mass is 385 g/mol. The van der Waals surface area contributed by atoms with E-state index < -0.39 is 5.60 Å². The highest BCUT2D eigenvalue weighted by molar-refractivity contribution is 6.06. The largest absolute Gasteiger partial charge is 0.490 e. The van der Waals surface area contributed by atoms with Gasteiger partial charge in [0.25, 0.3) is 5.91 Å². The fourth-order valence-electron chi connectivity index (χ4n) is 3.36. The van der Waals surface area contributed by atoms with Gasteiger partial charge in [-0.3, -0.25) is 4.79 Å². The van der Waals surface area contributed by atoms with Gasteiger partial charge < -0.3 is 14.8 Å². The predicted molar refractivity (Wildman–Crippen MR) is 117 cm³/mol. The number of rotatable bonds is 10. The normalized spacial score (nSPS) is 14.7. The van der Waals surface area contributed by atoms with E-state index in [2.05, 4.69) is 39.9 Å². The van der Waals surface area contributed by atoms with Gasteiger partial charge in [0.05, 0.1) is 6.10 Å². The summed E-state index contributed by atoms with van der Waals surface area (Å²) in [4.78, 5) is 13.2. The number of benzene rings is 2. The Labute approximate surface area is 169 Å². The highest BCUT2D eigenvalue weighted by Gasteiger charge is 2.35. The molecule has 2 rings (SSSR count). The molecule has 2 aromatic carbocycles. The molecule has 28 heavy (non-hydrogen) atoms. The first kappa shape index (κ1) is 22.2. The summed E-state index contributed by atoms with van der Waals surface area (Å²) >= 11 is 0. The van der Waals surface area contributed by atoms with Gasteiger partial charge in [-0.1, -0.05) is 52.0 Å². The van der Waals surface area contributed by atoms with Gasteiger partial charge in [0.15, 0.2) is 0 Å². The lowest BCUT2D eigenvalue weighted by Gasteiger charge is -2.30. The topological polar surface area (TPSA) is 47.6 Å². The first-order valence-electron chi connectivity index (χ1n) is 10.4. The Morgan fingerprint density at radius 2 is 1.75 bits per heavy atom. The molecular formula is C24H35NO3. The van der Waals surface area contributed by atoms with Crippen molar-refractivity contribution in [3.8, 4) is 5.75 Å². The van der Waals surface area contributed by atoms with E-state index in [9.17, 15) is 4.79 Å². The summed E-state index contributed by atoms with van der Waals surface area (Å²) in [6.07, 6.45) is 2.63. The summed E-state index contributed by atoms with van der Waals surface area (Å²) in [5.41, 5.74) is -0.0656.